The molecule has 1 rings (SSSR count). The summed E-state index contributed by atoms with van der Waals surface area (Å²) in [6.45, 7) is 9.75. The van der Waals surface area contributed by atoms with E-state index in [4.69, 9.17) is 5.73 Å². The summed E-state index contributed by atoms with van der Waals surface area (Å²) >= 11 is 0. The third kappa shape index (κ3) is 5.50. The van der Waals surface area contributed by atoms with Gasteiger partial charge in [-0.25, -0.2) is 0 Å². The standard InChI is InChI=1S/C13H27N3O/c1-10(2)11(3)8-15-13(17)9-16-6-4-12(14)5-7-16/h10-12H,4-9,14H2,1-3H3,(H,15,17). The van der Waals surface area contributed by atoms with Gasteiger partial charge in [0.2, 0.25) is 5.91 Å². The molecular formula is C13H27N3O. The highest BCUT2D eigenvalue weighted by molar-refractivity contribution is 5.78. The molecular weight excluding hydrogens is 214 g/mol. The summed E-state index contributed by atoms with van der Waals surface area (Å²) in [6, 6.07) is 0.329. The molecule has 0 bridgehead atoms. The molecule has 1 unspecified atom stereocenters. The summed E-state index contributed by atoms with van der Waals surface area (Å²) in [6.07, 6.45) is 2.02. The number of amides is 1. The summed E-state index contributed by atoms with van der Waals surface area (Å²) in [5, 5.41) is 3.01. The highest BCUT2D eigenvalue weighted by Crippen LogP contribution is 2.09. The molecule has 0 aromatic heterocycles. The summed E-state index contributed by atoms with van der Waals surface area (Å²) in [7, 11) is 0. The molecule has 1 fully saturated rings. The van der Waals surface area contributed by atoms with Gasteiger partial charge in [-0.05, 0) is 24.7 Å². The number of carbonyl (C=O) groups is 1. The number of piperidine rings is 1. The fraction of sp³-hybridized carbons (Fsp3) is 0.923. The maximum Gasteiger partial charge on any atom is 0.234 e. The van der Waals surface area contributed by atoms with Gasteiger partial charge >= 0.3 is 0 Å². The Labute approximate surface area is 105 Å². The predicted molar refractivity (Wildman–Crippen MR) is 70.7 cm³/mol. The fourth-order valence-corrected chi connectivity index (χ4v) is 1.88. The smallest absolute Gasteiger partial charge is 0.234 e. The minimum Gasteiger partial charge on any atom is -0.355 e. The van der Waals surface area contributed by atoms with E-state index < -0.39 is 0 Å². The van der Waals surface area contributed by atoms with Gasteiger partial charge in [0.05, 0.1) is 6.54 Å². The van der Waals surface area contributed by atoms with Gasteiger partial charge in [0, 0.05) is 25.7 Å². The van der Waals surface area contributed by atoms with Crippen molar-refractivity contribution in [3.05, 3.63) is 0 Å². The molecule has 1 amide bonds. The molecule has 100 valence electrons. The van der Waals surface area contributed by atoms with E-state index in [0.717, 1.165) is 32.5 Å². The van der Waals surface area contributed by atoms with Gasteiger partial charge in [-0.15, -0.1) is 0 Å². The van der Waals surface area contributed by atoms with Gasteiger partial charge in [0.1, 0.15) is 0 Å². The second kappa shape index (κ2) is 6.97. The third-order valence-corrected chi connectivity index (χ3v) is 3.76. The highest BCUT2D eigenvalue weighted by Gasteiger charge is 2.18. The van der Waals surface area contributed by atoms with E-state index in [1.54, 1.807) is 0 Å². The Morgan fingerprint density at radius 3 is 2.47 bits per heavy atom. The molecule has 17 heavy (non-hydrogen) atoms. The molecule has 1 atom stereocenters. The van der Waals surface area contributed by atoms with Gasteiger partial charge < -0.3 is 11.1 Å². The zero-order valence-electron chi connectivity index (χ0n) is 11.4. The molecule has 4 nitrogen and oxygen atoms in total. The Kier molecular flexibility index (Phi) is 5.92. The number of nitrogens with one attached hydrogen (secondary N) is 1. The fourth-order valence-electron chi connectivity index (χ4n) is 1.88. The Hall–Kier alpha value is -0.610. The van der Waals surface area contributed by atoms with Gasteiger partial charge in [0.15, 0.2) is 0 Å². The topological polar surface area (TPSA) is 58.4 Å². The zero-order chi connectivity index (χ0) is 12.8. The number of likely N-dealkylation sites (tertiary alicyclic amines) is 1. The summed E-state index contributed by atoms with van der Waals surface area (Å²) in [5.41, 5.74) is 5.83. The lowest BCUT2D eigenvalue weighted by Gasteiger charge is -2.29. The van der Waals surface area contributed by atoms with Crippen molar-refractivity contribution in [2.45, 2.75) is 39.7 Å². The number of nitrogens with two attached hydrogens (primary N) is 1. The maximum absolute atomic E-state index is 11.7. The van der Waals surface area contributed by atoms with Crippen LogP contribution in [-0.4, -0.2) is 43.0 Å². The predicted octanol–water partition coefficient (Wildman–Crippen LogP) is 0.818. The molecule has 1 aliphatic rings. The number of rotatable bonds is 5. The van der Waals surface area contributed by atoms with Crippen LogP contribution >= 0.6 is 0 Å². The summed E-state index contributed by atoms with van der Waals surface area (Å²) in [5.74, 6) is 1.30. The number of carbonyl (C=O) groups excluding carboxylic acids is 1. The van der Waals surface area contributed by atoms with Crippen LogP contribution in [0.2, 0.25) is 0 Å². The molecule has 1 aliphatic heterocycles. The zero-order valence-corrected chi connectivity index (χ0v) is 11.4. The molecule has 0 spiro atoms. The highest BCUT2D eigenvalue weighted by atomic mass is 16.2. The second-order valence-corrected chi connectivity index (χ2v) is 5.64. The van der Waals surface area contributed by atoms with E-state index in [1.807, 2.05) is 0 Å². The lowest BCUT2D eigenvalue weighted by atomic mass is 9.98. The molecule has 0 aromatic carbocycles. The van der Waals surface area contributed by atoms with Crippen LogP contribution in [0.5, 0.6) is 0 Å². The van der Waals surface area contributed by atoms with E-state index in [2.05, 4.69) is 31.0 Å². The first-order chi connectivity index (χ1) is 7.99. The van der Waals surface area contributed by atoms with Crippen molar-refractivity contribution in [3.63, 3.8) is 0 Å². The Morgan fingerprint density at radius 1 is 1.35 bits per heavy atom. The first-order valence-corrected chi connectivity index (χ1v) is 6.73. The minimum absolute atomic E-state index is 0.146. The maximum atomic E-state index is 11.7. The van der Waals surface area contributed by atoms with Gasteiger partial charge in [-0.2, -0.15) is 0 Å². The first kappa shape index (κ1) is 14.5. The lowest BCUT2D eigenvalue weighted by Crippen LogP contribution is -2.45. The van der Waals surface area contributed by atoms with Crippen LogP contribution in [0.4, 0.5) is 0 Å². The SMILES string of the molecule is CC(C)C(C)CNC(=O)CN1CCC(N)CC1. The Bertz CT molecular complexity index is 235. The van der Waals surface area contributed by atoms with E-state index in [9.17, 15) is 4.79 Å². The van der Waals surface area contributed by atoms with Gasteiger partial charge in [-0.1, -0.05) is 20.8 Å². The van der Waals surface area contributed by atoms with Gasteiger partial charge in [-0.3, -0.25) is 9.69 Å². The number of hydrogen-bond acceptors (Lipinski definition) is 3. The van der Waals surface area contributed by atoms with Crippen molar-refractivity contribution in [1.82, 2.24) is 10.2 Å². The van der Waals surface area contributed by atoms with Crippen LogP contribution in [0.1, 0.15) is 33.6 Å². The lowest BCUT2D eigenvalue weighted by molar-refractivity contribution is -0.122. The summed E-state index contributed by atoms with van der Waals surface area (Å²) in [4.78, 5) is 13.9. The molecule has 3 N–H and O–H groups in total. The van der Waals surface area contributed by atoms with Crippen LogP contribution < -0.4 is 11.1 Å². The average molecular weight is 241 g/mol. The van der Waals surface area contributed by atoms with Crippen LogP contribution in [0, 0.1) is 11.8 Å². The van der Waals surface area contributed by atoms with Crippen molar-refractivity contribution >= 4 is 5.91 Å². The summed E-state index contributed by atoms with van der Waals surface area (Å²) < 4.78 is 0. The van der Waals surface area contributed by atoms with E-state index >= 15 is 0 Å². The van der Waals surface area contributed by atoms with Crippen molar-refractivity contribution in [3.8, 4) is 0 Å². The molecule has 4 heteroatoms. The molecule has 0 aliphatic carbocycles. The third-order valence-electron chi connectivity index (χ3n) is 3.76. The molecule has 0 saturated carbocycles. The van der Waals surface area contributed by atoms with Crippen LogP contribution in [0.15, 0.2) is 0 Å². The average Bonchev–Trinajstić information content (AvgIpc) is 2.29. The molecule has 1 saturated heterocycles. The Morgan fingerprint density at radius 2 is 1.94 bits per heavy atom. The largest absolute Gasteiger partial charge is 0.355 e. The van der Waals surface area contributed by atoms with Crippen molar-refractivity contribution in [2.24, 2.45) is 17.6 Å². The van der Waals surface area contributed by atoms with E-state index in [0.29, 0.717) is 24.4 Å². The van der Waals surface area contributed by atoms with Crippen molar-refractivity contribution < 1.29 is 4.79 Å². The van der Waals surface area contributed by atoms with Crippen molar-refractivity contribution in [2.75, 3.05) is 26.2 Å². The number of hydrogen-bond donors (Lipinski definition) is 2. The van der Waals surface area contributed by atoms with Crippen LogP contribution in [0.3, 0.4) is 0 Å². The first-order valence-electron chi connectivity index (χ1n) is 6.73. The van der Waals surface area contributed by atoms with E-state index in [1.165, 1.54) is 0 Å². The van der Waals surface area contributed by atoms with Crippen LogP contribution in [0.25, 0.3) is 0 Å². The van der Waals surface area contributed by atoms with Gasteiger partial charge in [0.25, 0.3) is 0 Å². The molecule has 0 radical (unpaired) electrons. The molecule has 0 aromatic rings. The normalized spacial score (nSPS) is 20.5. The Balaban J connectivity index is 2.16. The second-order valence-electron chi connectivity index (χ2n) is 5.64. The molecule has 1 heterocycles. The monoisotopic (exact) mass is 241 g/mol. The quantitative estimate of drug-likeness (QED) is 0.749. The minimum atomic E-state index is 0.146. The number of nitrogens with zero attached hydrogens (tertiary/aromatic N) is 1. The van der Waals surface area contributed by atoms with E-state index in [-0.39, 0.29) is 5.91 Å². The van der Waals surface area contributed by atoms with Crippen LogP contribution in [-0.2, 0) is 4.79 Å². The van der Waals surface area contributed by atoms with Crippen molar-refractivity contribution in [1.29, 1.82) is 0 Å².